The van der Waals surface area contributed by atoms with Gasteiger partial charge in [-0.1, -0.05) is 0 Å². The number of guanidine groups is 1. The van der Waals surface area contributed by atoms with E-state index in [2.05, 4.69) is 67.2 Å². The highest BCUT2D eigenvalue weighted by Gasteiger charge is 2.19. The topological polar surface area (TPSA) is 60.7 Å². The van der Waals surface area contributed by atoms with E-state index in [1.807, 2.05) is 11.7 Å². The summed E-state index contributed by atoms with van der Waals surface area (Å²) in [5.41, 5.74) is 3.69. The second kappa shape index (κ2) is 12.0. The molecule has 1 aromatic rings. The second-order valence-electron chi connectivity index (χ2n) is 7.93. The molecule has 0 radical (unpaired) electrons. The van der Waals surface area contributed by atoms with Crippen LogP contribution in [-0.4, -0.2) is 83.9 Å². The maximum absolute atomic E-state index is 4.86. The number of nitrogens with zero attached hydrogens (tertiary/aromatic N) is 5. The number of nitrogens with one attached hydrogen (secondary N) is 2. The third-order valence-corrected chi connectivity index (χ3v) is 5.57. The van der Waals surface area contributed by atoms with Crippen LogP contribution in [-0.2, 0) is 13.5 Å². The van der Waals surface area contributed by atoms with Crippen LogP contribution in [0.5, 0.6) is 0 Å². The summed E-state index contributed by atoms with van der Waals surface area (Å²) in [7, 11) is 4.20. The van der Waals surface area contributed by atoms with Gasteiger partial charge in [-0.25, -0.2) is 0 Å². The normalized spacial score (nSPS) is 18.5. The van der Waals surface area contributed by atoms with Crippen LogP contribution in [0, 0.1) is 13.8 Å². The molecule has 2 rings (SSSR count). The van der Waals surface area contributed by atoms with Gasteiger partial charge in [0.15, 0.2) is 5.96 Å². The van der Waals surface area contributed by atoms with Gasteiger partial charge in [-0.15, -0.1) is 24.0 Å². The molecule has 8 heteroatoms. The molecule has 2 heterocycles. The molecular weight excluding hydrogens is 465 g/mol. The van der Waals surface area contributed by atoms with Crippen LogP contribution >= 0.6 is 24.0 Å². The molecule has 0 aromatic carbocycles. The second-order valence-corrected chi connectivity index (χ2v) is 7.93. The predicted octanol–water partition coefficient (Wildman–Crippen LogP) is 1.78. The fraction of sp³-hybridized carbons (Fsp3) is 0.800. The summed E-state index contributed by atoms with van der Waals surface area (Å²) in [6.07, 6.45) is 0.948. The summed E-state index contributed by atoms with van der Waals surface area (Å²) in [6, 6.07) is 0.760. The molecule has 1 fully saturated rings. The Bertz CT molecular complexity index is 620. The maximum atomic E-state index is 4.86. The first-order valence-corrected chi connectivity index (χ1v) is 10.3. The summed E-state index contributed by atoms with van der Waals surface area (Å²) in [4.78, 5) is 9.79. The minimum absolute atomic E-state index is 0. The van der Waals surface area contributed by atoms with Crippen molar-refractivity contribution in [2.75, 3.05) is 46.3 Å². The lowest BCUT2D eigenvalue weighted by atomic mass is 10.1. The highest BCUT2D eigenvalue weighted by Crippen LogP contribution is 2.14. The fourth-order valence-electron chi connectivity index (χ4n) is 3.63. The van der Waals surface area contributed by atoms with Crippen LogP contribution in [0.4, 0.5) is 0 Å². The van der Waals surface area contributed by atoms with Crippen molar-refractivity contribution >= 4 is 29.9 Å². The summed E-state index contributed by atoms with van der Waals surface area (Å²) in [5, 5.41) is 11.5. The summed E-state index contributed by atoms with van der Waals surface area (Å²) in [6.45, 7) is 17.1. The average Bonchev–Trinajstić information content (AvgIpc) is 2.86. The zero-order chi connectivity index (χ0) is 20.0. The molecule has 0 bridgehead atoms. The van der Waals surface area contributed by atoms with E-state index in [1.165, 1.54) is 11.3 Å². The summed E-state index contributed by atoms with van der Waals surface area (Å²) < 4.78 is 1.97. The number of halogens is 1. The van der Waals surface area contributed by atoms with E-state index in [4.69, 9.17) is 4.99 Å². The van der Waals surface area contributed by atoms with Crippen LogP contribution in [0.2, 0.25) is 0 Å². The molecule has 1 aliphatic heterocycles. The fourth-order valence-corrected chi connectivity index (χ4v) is 3.63. The molecule has 1 saturated heterocycles. The molecule has 0 amide bonds. The molecule has 2 N–H and O–H groups in total. The zero-order valence-corrected chi connectivity index (χ0v) is 21.1. The quantitative estimate of drug-likeness (QED) is 0.336. The Morgan fingerprint density at radius 1 is 1.14 bits per heavy atom. The molecule has 0 spiro atoms. The molecule has 0 aliphatic carbocycles. The molecule has 162 valence electrons. The molecule has 1 aromatic heterocycles. The van der Waals surface area contributed by atoms with Crippen molar-refractivity contribution in [3.63, 3.8) is 0 Å². The van der Waals surface area contributed by atoms with Gasteiger partial charge in [-0.05, 0) is 53.7 Å². The largest absolute Gasteiger partial charge is 0.357 e. The molecule has 2 unspecified atom stereocenters. The van der Waals surface area contributed by atoms with E-state index in [1.54, 1.807) is 0 Å². The van der Waals surface area contributed by atoms with Gasteiger partial charge in [0, 0.05) is 57.5 Å². The Morgan fingerprint density at radius 2 is 1.79 bits per heavy atom. The van der Waals surface area contributed by atoms with Gasteiger partial charge < -0.3 is 15.5 Å². The van der Waals surface area contributed by atoms with Gasteiger partial charge >= 0.3 is 0 Å². The Hall–Kier alpha value is -0.870. The first-order chi connectivity index (χ1) is 12.8. The number of likely N-dealkylation sites (N-methyl/N-ethyl adjacent to an activating group) is 1. The number of aliphatic imine (C=N–C) groups is 1. The Kier molecular flexibility index (Phi) is 10.8. The molecule has 2 atom stereocenters. The van der Waals surface area contributed by atoms with E-state index in [0.29, 0.717) is 12.1 Å². The van der Waals surface area contributed by atoms with E-state index in [0.717, 1.165) is 57.3 Å². The van der Waals surface area contributed by atoms with Gasteiger partial charge in [0.2, 0.25) is 0 Å². The van der Waals surface area contributed by atoms with Gasteiger partial charge in [-0.3, -0.25) is 14.6 Å². The number of piperazine rings is 1. The molecule has 1 aliphatic rings. The van der Waals surface area contributed by atoms with Crippen LogP contribution in [0.1, 0.15) is 37.7 Å². The monoisotopic (exact) mass is 505 g/mol. The zero-order valence-electron chi connectivity index (χ0n) is 18.7. The van der Waals surface area contributed by atoms with Gasteiger partial charge in [-0.2, -0.15) is 5.10 Å². The minimum atomic E-state index is 0. The maximum Gasteiger partial charge on any atom is 0.191 e. The van der Waals surface area contributed by atoms with Crippen LogP contribution < -0.4 is 10.6 Å². The number of hydrogen-bond donors (Lipinski definition) is 2. The van der Waals surface area contributed by atoms with Crippen molar-refractivity contribution < 1.29 is 0 Å². The average molecular weight is 505 g/mol. The summed E-state index contributed by atoms with van der Waals surface area (Å²) in [5.74, 6) is 0.908. The standard InChI is InChI=1S/C20H39N7.HI/c1-8-21-20(22-14-16(3)27-11-9-25(6)10-12-27)23-15(2)13-19-17(4)24-26(7)18(19)5;/h15-16H,8-14H2,1-7H3,(H2,21,22,23);1H. The van der Waals surface area contributed by atoms with Crippen molar-refractivity contribution in [2.45, 2.75) is 53.1 Å². The van der Waals surface area contributed by atoms with Gasteiger partial charge in [0.05, 0.1) is 12.2 Å². The third kappa shape index (κ3) is 7.18. The minimum Gasteiger partial charge on any atom is -0.357 e. The lowest BCUT2D eigenvalue weighted by molar-refractivity contribution is 0.122. The number of aromatic nitrogens is 2. The smallest absolute Gasteiger partial charge is 0.191 e. The molecule has 7 nitrogen and oxygen atoms in total. The lowest BCUT2D eigenvalue weighted by Crippen LogP contribution is -2.49. The van der Waals surface area contributed by atoms with E-state index < -0.39 is 0 Å². The third-order valence-electron chi connectivity index (χ3n) is 5.57. The number of hydrogen-bond acceptors (Lipinski definition) is 4. The van der Waals surface area contributed by atoms with Gasteiger partial charge in [0.1, 0.15) is 0 Å². The number of rotatable bonds is 7. The Labute approximate surface area is 188 Å². The van der Waals surface area contributed by atoms with Gasteiger partial charge in [0.25, 0.3) is 0 Å². The molecule has 28 heavy (non-hydrogen) atoms. The van der Waals surface area contributed by atoms with E-state index in [-0.39, 0.29) is 24.0 Å². The van der Waals surface area contributed by atoms with Crippen LogP contribution in [0.15, 0.2) is 4.99 Å². The van der Waals surface area contributed by atoms with Crippen molar-refractivity contribution in [1.29, 1.82) is 0 Å². The predicted molar refractivity (Wildman–Crippen MR) is 129 cm³/mol. The van der Waals surface area contributed by atoms with Crippen LogP contribution in [0.3, 0.4) is 0 Å². The van der Waals surface area contributed by atoms with Crippen molar-refractivity contribution in [1.82, 2.24) is 30.2 Å². The number of aryl methyl sites for hydroxylation is 2. The van der Waals surface area contributed by atoms with Crippen molar-refractivity contribution in [2.24, 2.45) is 12.0 Å². The van der Waals surface area contributed by atoms with Crippen LogP contribution in [0.25, 0.3) is 0 Å². The highest BCUT2D eigenvalue weighted by atomic mass is 127. The molecule has 0 saturated carbocycles. The Morgan fingerprint density at radius 3 is 2.32 bits per heavy atom. The SMILES string of the molecule is CCNC(=NCC(C)N1CCN(C)CC1)NC(C)Cc1c(C)nn(C)c1C.I. The van der Waals surface area contributed by atoms with E-state index >= 15 is 0 Å². The summed E-state index contributed by atoms with van der Waals surface area (Å²) >= 11 is 0. The highest BCUT2D eigenvalue weighted by molar-refractivity contribution is 14.0. The first kappa shape index (κ1) is 25.2. The molecular formula is C20H40IN7. The lowest BCUT2D eigenvalue weighted by Gasteiger charge is -2.36. The van der Waals surface area contributed by atoms with Crippen molar-refractivity contribution in [3.05, 3.63) is 17.0 Å². The Balaban J connectivity index is 0.00000392. The first-order valence-electron chi connectivity index (χ1n) is 10.3. The van der Waals surface area contributed by atoms with E-state index in [9.17, 15) is 0 Å². The van der Waals surface area contributed by atoms with Crippen molar-refractivity contribution in [3.8, 4) is 0 Å².